The van der Waals surface area contributed by atoms with Gasteiger partial charge in [0.2, 0.25) is 0 Å². The standard InChI is InChI=1S/C13H20N2O/c1-4-15(5-2)10-13(16)14-12-8-6-7-11(3)9-12/h6-9H,4-5,10H2,1-3H3,(H,14,16)/p+1. The zero-order valence-electron chi connectivity index (χ0n) is 10.3. The highest BCUT2D eigenvalue weighted by molar-refractivity contribution is 5.91. The molecule has 0 spiro atoms. The maximum absolute atomic E-state index is 11.7. The van der Waals surface area contributed by atoms with E-state index in [2.05, 4.69) is 19.2 Å². The summed E-state index contributed by atoms with van der Waals surface area (Å²) in [6.07, 6.45) is 0. The predicted octanol–water partition coefficient (Wildman–Crippen LogP) is 0.858. The minimum Gasteiger partial charge on any atom is -0.328 e. The number of hydrogen-bond donors (Lipinski definition) is 2. The van der Waals surface area contributed by atoms with Crippen molar-refractivity contribution < 1.29 is 9.69 Å². The van der Waals surface area contributed by atoms with E-state index < -0.39 is 0 Å². The summed E-state index contributed by atoms with van der Waals surface area (Å²) in [5.74, 6) is 0.0873. The van der Waals surface area contributed by atoms with Crippen LogP contribution in [0.3, 0.4) is 0 Å². The number of rotatable bonds is 5. The Hall–Kier alpha value is -1.35. The molecule has 0 aromatic heterocycles. The number of likely N-dealkylation sites (N-methyl/N-ethyl adjacent to an activating group) is 1. The molecule has 88 valence electrons. The zero-order valence-corrected chi connectivity index (χ0v) is 10.3. The van der Waals surface area contributed by atoms with Crippen LogP contribution >= 0.6 is 0 Å². The summed E-state index contributed by atoms with van der Waals surface area (Å²) in [7, 11) is 0. The first-order valence-corrected chi connectivity index (χ1v) is 5.85. The Morgan fingerprint density at radius 3 is 2.56 bits per heavy atom. The van der Waals surface area contributed by atoms with E-state index in [-0.39, 0.29) is 5.91 Å². The molecule has 0 unspecified atom stereocenters. The Bertz CT molecular complexity index is 346. The topological polar surface area (TPSA) is 33.5 Å². The molecule has 2 N–H and O–H groups in total. The number of nitrogens with one attached hydrogen (secondary N) is 2. The Morgan fingerprint density at radius 1 is 1.31 bits per heavy atom. The minimum absolute atomic E-state index is 0.0873. The van der Waals surface area contributed by atoms with Gasteiger partial charge in [0.05, 0.1) is 13.1 Å². The van der Waals surface area contributed by atoms with Gasteiger partial charge in [0, 0.05) is 5.69 Å². The second-order valence-electron chi connectivity index (χ2n) is 4.05. The molecule has 16 heavy (non-hydrogen) atoms. The van der Waals surface area contributed by atoms with Crippen molar-refractivity contribution >= 4 is 11.6 Å². The van der Waals surface area contributed by atoms with Crippen molar-refractivity contribution in [2.24, 2.45) is 0 Å². The number of quaternary nitrogens is 1. The molecule has 0 aliphatic heterocycles. The molecule has 0 saturated carbocycles. The SMILES string of the molecule is CC[NH+](CC)CC(=O)Nc1cccc(C)c1. The maximum Gasteiger partial charge on any atom is 0.279 e. The quantitative estimate of drug-likeness (QED) is 0.759. The fourth-order valence-corrected chi connectivity index (χ4v) is 1.66. The van der Waals surface area contributed by atoms with Crippen LogP contribution in [0.5, 0.6) is 0 Å². The molecular weight excluding hydrogens is 200 g/mol. The third kappa shape index (κ3) is 4.03. The lowest BCUT2D eigenvalue weighted by molar-refractivity contribution is -0.888. The summed E-state index contributed by atoms with van der Waals surface area (Å²) in [6.45, 7) is 8.72. The number of anilines is 1. The highest BCUT2D eigenvalue weighted by atomic mass is 16.2. The van der Waals surface area contributed by atoms with E-state index in [0.29, 0.717) is 6.54 Å². The minimum atomic E-state index is 0.0873. The van der Waals surface area contributed by atoms with Crippen LogP contribution in [0.1, 0.15) is 19.4 Å². The average molecular weight is 221 g/mol. The monoisotopic (exact) mass is 221 g/mol. The maximum atomic E-state index is 11.7. The second-order valence-corrected chi connectivity index (χ2v) is 4.05. The van der Waals surface area contributed by atoms with Gasteiger partial charge in [0.1, 0.15) is 0 Å². The Labute approximate surface area is 97.5 Å². The normalized spacial score (nSPS) is 10.5. The first-order chi connectivity index (χ1) is 7.65. The molecule has 0 aliphatic carbocycles. The van der Waals surface area contributed by atoms with Crippen LogP contribution in [0.25, 0.3) is 0 Å². The predicted molar refractivity (Wildman–Crippen MR) is 66.7 cm³/mol. The largest absolute Gasteiger partial charge is 0.328 e. The van der Waals surface area contributed by atoms with Gasteiger partial charge in [0.15, 0.2) is 6.54 Å². The molecule has 0 saturated heterocycles. The molecule has 3 heteroatoms. The number of amides is 1. The lowest BCUT2D eigenvalue weighted by Gasteiger charge is -2.14. The van der Waals surface area contributed by atoms with E-state index in [9.17, 15) is 4.79 Å². The first-order valence-electron chi connectivity index (χ1n) is 5.85. The van der Waals surface area contributed by atoms with Crippen molar-refractivity contribution in [3.05, 3.63) is 29.8 Å². The average Bonchev–Trinajstić information content (AvgIpc) is 2.26. The van der Waals surface area contributed by atoms with Gasteiger partial charge in [-0.15, -0.1) is 0 Å². The van der Waals surface area contributed by atoms with E-state index >= 15 is 0 Å². The summed E-state index contributed by atoms with van der Waals surface area (Å²) in [6, 6.07) is 7.87. The summed E-state index contributed by atoms with van der Waals surface area (Å²) in [5, 5.41) is 2.92. The van der Waals surface area contributed by atoms with Crippen molar-refractivity contribution in [1.82, 2.24) is 0 Å². The zero-order chi connectivity index (χ0) is 12.0. The highest BCUT2D eigenvalue weighted by Crippen LogP contribution is 2.08. The number of hydrogen-bond acceptors (Lipinski definition) is 1. The lowest BCUT2D eigenvalue weighted by Crippen LogP contribution is -3.12. The van der Waals surface area contributed by atoms with E-state index in [1.165, 1.54) is 4.90 Å². The molecule has 0 bridgehead atoms. The Morgan fingerprint density at radius 2 is 2.00 bits per heavy atom. The highest BCUT2D eigenvalue weighted by Gasteiger charge is 2.10. The van der Waals surface area contributed by atoms with E-state index in [1.54, 1.807) is 0 Å². The summed E-state index contributed by atoms with van der Waals surface area (Å²) in [4.78, 5) is 13.0. The Balaban J connectivity index is 2.51. The van der Waals surface area contributed by atoms with Crippen LogP contribution in [0.2, 0.25) is 0 Å². The van der Waals surface area contributed by atoms with Crippen LogP contribution in [-0.2, 0) is 4.79 Å². The molecule has 1 rings (SSSR count). The molecule has 1 aromatic rings. The third-order valence-corrected chi connectivity index (χ3v) is 2.71. The second kappa shape index (κ2) is 6.28. The molecule has 3 nitrogen and oxygen atoms in total. The van der Waals surface area contributed by atoms with Crippen LogP contribution in [0.4, 0.5) is 5.69 Å². The van der Waals surface area contributed by atoms with Crippen molar-refractivity contribution in [2.75, 3.05) is 25.0 Å². The summed E-state index contributed by atoms with van der Waals surface area (Å²) in [5.41, 5.74) is 2.05. The molecule has 0 atom stereocenters. The van der Waals surface area contributed by atoms with Crippen LogP contribution < -0.4 is 10.2 Å². The van der Waals surface area contributed by atoms with E-state index in [0.717, 1.165) is 24.3 Å². The molecule has 0 fully saturated rings. The van der Waals surface area contributed by atoms with Gasteiger partial charge in [0.25, 0.3) is 5.91 Å². The van der Waals surface area contributed by atoms with Gasteiger partial charge >= 0.3 is 0 Å². The van der Waals surface area contributed by atoms with Crippen LogP contribution in [0, 0.1) is 6.92 Å². The first kappa shape index (κ1) is 12.7. The van der Waals surface area contributed by atoms with Gasteiger partial charge in [-0.05, 0) is 38.5 Å². The molecular formula is C13H21N2O+. The fraction of sp³-hybridized carbons (Fsp3) is 0.462. The Kier molecular flexibility index (Phi) is 4.99. The number of carbonyl (C=O) groups excluding carboxylic acids is 1. The molecule has 0 aliphatic rings. The molecule has 1 amide bonds. The van der Waals surface area contributed by atoms with Crippen molar-refractivity contribution in [2.45, 2.75) is 20.8 Å². The van der Waals surface area contributed by atoms with Crippen LogP contribution in [0.15, 0.2) is 24.3 Å². The van der Waals surface area contributed by atoms with Gasteiger partial charge in [-0.3, -0.25) is 4.79 Å². The van der Waals surface area contributed by atoms with Gasteiger partial charge in [-0.2, -0.15) is 0 Å². The number of aryl methyl sites for hydroxylation is 1. The summed E-state index contributed by atoms with van der Waals surface area (Å²) < 4.78 is 0. The van der Waals surface area contributed by atoms with E-state index in [1.807, 2.05) is 31.2 Å². The van der Waals surface area contributed by atoms with Gasteiger partial charge < -0.3 is 10.2 Å². The lowest BCUT2D eigenvalue weighted by atomic mass is 10.2. The van der Waals surface area contributed by atoms with Gasteiger partial charge in [-0.1, -0.05) is 12.1 Å². The van der Waals surface area contributed by atoms with Crippen molar-refractivity contribution in [1.29, 1.82) is 0 Å². The molecule has 0 heterocycles. The van der Waals surface area contributed by atoms with Crippen molar-refractivity contribution in [3.63, 3.8) is 0 Å². The smallest absolute Gasteiger partial charge is 0.279 e. The van der Waals surface area contributed by atoms with Crippen LogP contribution in [-0.4, -0.2) is 25.5 Å². The van der Waals surface area contributed by atoms with E-state index in [4.69, 9.17) is 0 Å². The fourth-order valence-electron chi connectivity index (χ4n) is 1.66. The molecule has 1 aromatic carbocycles. The van der Waals surface area contributed by atoms with Gasteiger partial charge in [-0.25, -0.2) is 0 Å². The number of carbonyl (C=O) groups is 1. The molecule has 0 radical (unpaired) electrons. The number of benzene rings is 1. The third-order valence-electron chi connectivity index (χ3n) is 2.71. The van der Waals surface area contributed by atoms with Crippen molar-refractivity contribution in [3.8, 4) is 0 Å². The summed E-state index contributed by atoms with van der Waals surface area (Å²) >= 11 is 0.